The lowest BCUT2D eigenvalue weighted by atomic mass is 10.3. The fourth-order valence-corrected chi connectivity index (χ4v) is 0.854. The number of hydrogen-bond donors (Lipinski definition) is 1. The second-order valence-electron chi connectivity index (χ2n) is 1.66. The highest BCUT2D eigenvalue weighted by atomic mass is 35.5. The molecule has 0 amide bonds. The molecule has 1 heterocycles. The quantitative estimate of drug-likeness (QED) is 0.663. The Morgan fingerprint density at radius 1 is 1.50 bits per heavy atom. The van der Waals surface area contributed by atoms with E-state index in [1.807, 2.05) is 0 Å². The number of alkyl halides is 2. The van der Waals surface area contributed by atoms with Gasteiger partial charge in [-0.05, 0) is 0 Å². The van der Waals surface area contributed by atoms with E-state index in [1.54, 1.807) is 0 Å². The fraction of sp³-hybridized carbons (Fsp3) is 0.200. The lowest BCUT2D eigenvalue weighted by Crippen LogP contribution is -1.97. The molecule has 5 heteroatoms. The Morgan fingerprint density at radius 2 is 2.20 bits per heavy atom. The number of hydrogen-bond acceptors (Lipinski definition) is 3. The molecule has 2 N–H and O–H groups in total. The van der Waals surface area contributed by atoms with Gasteiger partial charge in [0.1, 0.15) is 17.0 Å². The summed E-state index contributed by atoms with van der Waals surface area (Å²) in [5.74, 6) is 0.324. The zero-order valence-corrected chi connectivity index (χ0v) is 6.47. The molecule has 0 saturated carbocycles. The van der Waals surface area contributed by atoms with Crippen LogP contribution >= 0.6 is 23.2 Å². The molecule has 0 aliphatic carbocycles. The van der Waals surface area contributed by atoms with Gasteiger partial charge in [0, 0.05) is 11.8 Å². The average Bonchev–Trinajstić information content (AvgIpc) is 1.88. The molecule has 3 nitrogen and oxygen atoms in total. The van der Waals surface area contributed by atoms with Gasteiger partial charge in [0.15, 0.2) is 0 Å². The number of aromatic nitrogens is 2. The second kappa shape index (κ2) is 3.03. The SMILES string of the molecule is Nc1ncncc1C(Cl)Cl. The summed E-state index contributed by atoms with van der Waals surface area (Å²) in [5.41, 5.74) is 5.95. The first kappa shape index (κ1) is 7.57. The van der Waals surface area contributed by atoms with Gasteiger partial charge >= 0.3 is 0 Å². The Hall–Kier alpha value is -0.540. The van der Waals surface area contributed by atoms with E-state index in [0.29, 0.717) is 11.4 Å². The van der Waals surface area contributed by atoms with Gasteiger partial charge in [-0.2, -0.15) is 0 Å². The first-order chi connectivity index (χ1) is 4.72. The Balaban J connectivity index is 3.03. The van der Waals surface area contributed by atoms with E-state index in [2.05, 4.69) is 9.97 Å². The van der Waals surface area contributed by atoms with Crippen molar-refractivity contribution in [2.24, 2.45) is 0 Å². The van der Waals surface area contributed by atoms with Crippen molar-refractivity contribution in [2.75, 3.05) is 5.73 Å². The first-order valence-corrected chi connectivity index (χ1v) is 3.42. The molecule has 0 bridgehead atoms. The van der Waals surface area contributed by atoms with E-state index in [9.17, 15) is 0 Å². The van der Waals surface area contributed by atoms with Crippen LogP contribution in [0.15, 0.2) is 12.5 Å². The second-order valence-corrected chi connectivity index (χ2v) is 2.76. The maximum atomic E-state index is 5.51. The number of halogens is 2. The van der Waals surface area contributed by atoms with Gasteiger partial charge in [0.05, 0.1) is 0 Å². The molecule has 0 atom stereocenters. The van der Waals surface area contributed by atoms with Crippen LogP contribution in [0.5, 0.6) is 0 Å². The lowest BCUT2D eigenvalue weighted by Gasteiger charge is -2.01. The third kappa shape index (κ3) is 1.49. The highest BCUT2D eigenvalue weighted by Crippen LogP contribution is 2.26. The summed E-state index contributed by atoms with van der Waals surface area (Å²) in [6.45, 7) is 0. The minimum atomic E-state index is -0.652. The van der Waals surface area contributed by atoms with Crippen LogP contribution in [0.1, 0.15) is 10.4 Å². The van der Waals surface area contributed by atoms with Crippen LogP contribution in [0.3, 0.4) is 0 Å². The summed E-state index contributed by atoms with van der Waals surface area (Å²) in [5, 5.41) is 0. The van der Waals surface area contributed by atoms with E-state index in [-0.39, 0.29) is 0 Å². The fourth-order valence-electron chi connectivity index (χ4n) is 0.518. The molecule has 1 aromatic heterocycles. The molecule has 0 aromatic carbocycles. The summed E-state index contributed by atoms with van der Waals surface area (Å²) in [6.07, 6.45) is 2.84. The minimum absolute atomic E-state index is 0.324. The maximum Gasteiger partial charge on any atom is 0.137 e. The van der Waals surface area contributed by atoms with Crippen molar-refractivity contribution in [3.63, 3.8) is 0 Å². The van der Waals surface area contributed by atoms with Crippen molar-refractivity contribution in [3.8, 4) is 0 Å². The molecule has 0 fully saturated rings. The molecule has 54 valence electrons. The Morgan fingerprint density at radius 3 is 2.60 bits per heavy atom. The van der Waals surface area contributed by atoms with Crippen LogP contribution in [-0.4, -0.2) is 9.97 Å². The molecular formula is C5H5Cl2N3. The monoisotopic (exact) mass is 177 g/mol. The number of anilines is 1. The van der Waals surface area contributed by atoms with Gasteiger partial charge < -0.3 is 5.73 Å². The van der Waals surface area contributed by atoms with Gasteiger partial charge in [-0.3, -0.25) is 0 Å². The number of rotatable bonds is 1. The van der Waals surface area contributed by atoms with Crippen LogP contribution in [0.25, 0.3) is 0 Å². The summed E-state index contributed by atoms with van der Waals surface area (Å²) in [7, 11) is 0. The molecule has 0 saturated heterocycles. The van der Waals surface area contributed by atoms with Crippen molar-refractivity contribution < 1.29 is 0 Å². The first-order valence-electron chi connectivity index (χ1n) is 2.55. The third-order valence-electron chi connectivity index (χ3n) is 1.01. The topological polar surface area (TPSA) is 51.8 Å². The third-order valence-corrected chi connectivity index (χ3v) is 1.48. The zero-order chi connectivity index (χ0) is 7.56. The predicted molar refractivity (Wildman–Crippen MR) is 40.9 cm³/mol. The van der Waals surface area contributed by atoms with Gasteiger partial charge in [0.2, 0.25) is 0 Å². The predicted octanol–water partition coefficient (Wildman–Crippen LogP) is 1.53. The Labute approximate surface area is 68.2 Å². The number of nitrogens with two attached hydrogens (primary N) is 1. The van der Waals surface area contributed by atoms with E-state index in [1.165, 1.54) is 12.5 Å². The largest absolute Gasteiger partial charge is 0.383 e. The molecule has 10 heavy (non-hydrogen) atoms. The van der Waals surface area contributed by atoms with Crippen molar-refractivity contribution >= 4 is 29.0 Å². The molecule has 0 unspecified atom stereocenters. The van der Waals surface area contributed by atoms with E-state index in [0.717, 1.165) is 0 Å². The summed E-state index contributed by atoms with van der Waals surface area (Å²) in [6, 6.07) is 0. The van der Waals surface area contributed by atoms with Crippen LogP contribution in [-0.2, 0) is 0 Å². The normalized spacial score (nSPS) is 10.3. The molecule has 0 aliphatic rings. The van der Waals surface area contributed by atoms with Gasteiger partial charge in [-0.15, -0.1) is 0 Å². The van der Waals surface area contributed by atoms with Crippen LogP contribution in [0.4, 0.5) is 5.82 Å². The standard InChI is InChI=1S/C5H5Cl2N3/c6-4(7)3-1-9-2-10-5(3)8/h1-2,4H,(H2,8,9,10). The Kier molecular flexibility index (Phi) is 2.29. The summed E-state index contributed by atoms with van der Waals surface area (Å²) >= 11 is 11.0. The van der Waals surface area contributed by atoms with Crippen molar-refractivity contribution in [2.45, 2.75) is 4.84 Å². The highest BCUT2D eigenvalue weighted by molar-refractivity contribution is 6.44. The molecule has 0 spiro atoms. The highest BCUT2D eigenvalue weighted by Gasteiger charge is 2.07. The van der Waals surface area contributed by atoms with Crippen molar-refractivity contribution in [1.29, 1.82) is 0 Å². The van der Waals surface area contributed by atoms with Crippen LogP contribution < -0.4 is 5.73 Å². The smallest absolute Gasteiger partial charge is 0.137 e. The van der Waals surface area contributed by atoms with Gasteiger partial charge in [-0.25, -0.2) is 9.97 Å². The van der Waals surface area contributed by atoms with E-state index < -0.39 is 4.84 Å². The van der Waals surface area contributed by atoms with Crippen LogP contribution in [0.2, 0.25) is 0 Å². The van der Waals surface area contributed by atoms with Gasteiger partial charge in [0.25, 0.3) is 0 Å². The molecule has 0 aliphatic heterocycles. The van der Waals surface area contributed by atoms with Gasteiger partial charge in [-0.1, -0.05) is 23.2 Å². The van der Waals surface area contributed by atoms with Crippen molar-refractivity contribution in [1.82, 2.24) is 9.97 Å². The number of nitrogens with zero attached hydrogens (tertiary/aromatic N) is 2. The minimum Gasteiger partial charge on any atom is -0.383 e. The summed E-state index contributed by atoms with van der Waals surface area (Å²) in [4.78, 5) is 6.75. The Bertz CT molecular complexity index is 226. The number of nitrogen functional groups attached to an aromatic ring is 1. The summed E-state index contributed by atoms with van der Waals surface area (Å²) < 4.78 is 0. The maximum absolute atomic E-state index is 5.51. The molecule has 1 rings (SSSR count). The zero-order valence-electron chi connectivity index (χ0n) is 4.96. The average molecular weight is 178 g/mol. The lowest BCUT2D eigenvalue weighted by molar-refractivity contribution is 1.12. The van der Waals surface area contributed by atoms with E-state index >= 15 is 0 Å². The molecule has 1 aromatic rings. The molecular weight excluding hydrogens is 173 g/mol. The molecule has 0 radical (unpaired) electrons. The van der Waals surface area contributed by atoms with Crippen LogP contribution in [0, 0.1) is 0 Å². The van der Waals surface area contributed by atoms with Crippen molar-refractivity contribution in [3.05, 3.63) is 18.1 Å². The van der Waals surface area contributed by atoms with E-state index in [4.69, 9.17) is 28.9 Å².